The maximum absolute atomic E-state index is 13.0. The van der Waals surface area contributed by atoms with E-state index in [2.05, 4.69) is 15.1 Å². The van der Waals surface area contributed by atoms with E-state index in [-0.39, 0.29) is 12.5 Å². The Labute approximate surface area is 119 Å². The zero-order chi connectivity index (χ0) is 15.1. The molecule has 0 aromatic carbocycles. The largest absolute Gasteiger partial charge is 0.369 e. The van der Waals surface area contributed by atoms with E-state index in [4.69, 9.17) is 5.73 Å². The van der Waals surface area contributed by atoms with Crippen LogP contribution in [0.15, 0.2) is 22.1 Å². The van der Waals surface area contributed by atoms with Gasteiger partial charge in [-0.15, -0.1) is 5.11 Å². The minimum atomic E-state index is -1.01. The van der Waals surface area contributed by atoms with Crippen molar-refractivity contribution in [1.29, 1.82) is 0 Å². The van der Waals surface area contributed by atoms with Gasteiger partial charge in [-0.2, -0.15) is 5.11 Å². The van der Waals surface area contributed by atoms with Crippen LogP contribution >= 0.6 is 0 Å². The third kappa shape index (κ3) is 5.24. The fourth-order valence-electron chi connectivity index (χ4n) is 1.90. The SMILES string of the molecule is C/C=C(\N=NC(C)C(C)F)N1CCN(CC(N)=O)CC1. The highest BCUT2D eigenvalue weighted by Crippen LogP contribution is 2.13. The molecule has 1 fully saturated rings. The number of amides is 1. The molecule has 0 aliphatic carbocycles. The van der Waals surface area contributed by atoms with E-state index in [1.807, 2.05) is 17.9 Å². The lowest BCUT2D eigenvalue weighted by atomic mass is 10.2. The van der Waals surface area contributed by atoms with Gasteiger partial charge in [0.15, 0.2) is 0 Å². The number of carbonyl (C=O) groups excluding carboxylic acids is 1. The molecule has 0 saturated carbocycles. The van der Waals surface area contributed by atoms with Gasteiger partial charge < -0.3 is 10.6 Å². The average molecular weight is 285 g/mol. The molecule has 20 heavy (non-hydrogen) atoms. The average Bonchev–Trinajstić information content (AvgIpc) is 2.40. The van der Waals surface area contributed by atoms with Crippen LogP contribution in [0.4, 0.5) is 4.39 Å². The van der Waals surface area contributed by atoms with E-state index >= 15 is 0 Å². The molecule has 0 spiro atoms. The minimum Gasteiger partial charge on any atom is -0.369 e. The Morgan fingerprint density at radius 1 is 1.35 bits per heavy atom. The lowest BCUT2D eigenvalue weighted by Gasteiger charge is -2.35. The van der Waals surface area contributed by atoms with Crippen LogP contribution in [0.2, 0.25) is 0 Å². The highest BCUT2D eigenvalue weighted by molar-refractivity contribution is 5.75. The molecule has 0 aromatic rings. The Hall–Kier alpha value is -1.50. The standard InChI is InChI=1S/C13H24FN5O/c1-4-13(17-16-11(3)10(2)14)19-7-5-18(6-8-19)9-12(15)20/h4,10-11H,5-9H2,1-3H3,(H2,15,20)/b13-4+,17-16?. The van der Waals surface area contributed by atoms with Gasteiger partial charge in [0.05, 0.1) is 12.6 Å². The monoisotopic (exact) mass is 285 g/mol. The number of hydrogen-bond acceptors (Lipinski definition) is 5. The molecule has 6 nitrogen and oxygen atoms in total. The van der Waals surface area contributed by atoms with Crippen molar-refractivity contribution in [1.82, 2.24) is 9.80 Å². The summed E-state index contributed by atoms with van der Waals surface area (Å²) >= 11 is 0. The summed E-state index contributed by atoms with van der Waals surface area (Å²) in [5.41, 5.74) is 5.18. The Balaban J connectivity index is 2.51. The molecule has 0 radical (unpaired) electrons. The molecular weight excluding hydrogens is 261 g/mol. The number of carbonyl (C=O) groups is 1. The molecule has 1 aliphatic rings. The molecule has 0 aromatic heterocycles. The number of nitrogens with zero attached hydrogens (tertiary/aromatic N) is 4. The van der Waals surface area contributed by atoms with E-state index in [0.717, 1.165) is 32.0 Å². The van der Waals surface area contributed by atoms with Crippen molar-refractivity contribution in [3.05, 3.63) is 11.9 Å². The molecule has 1 amide bonds. The first-order chi connectivity index (χ1) is 9.43. The molecule has 2 atom stereocenters. The first kappa shape index (κ1) is 16.6. The second kappa shape index (κ2) is 7.94. The molecule has 2 unspecified atom stereocenters. The predicted molar refractivity (Wildman–Crippen MR) is 75.9 cm³/mol. The summed E-state index contributed by atoms with van der Waals surface area (Å²) in [4.78, 5) is 15.0. The first-order valence-electron chi connectivity index (χ1n) is 6.91. The summed E-state index contributed by atoms with van der Waals surface area (Å²) in [7, 11) is 0. The number of allylic oxidation sites excluding steroid dienone is 1. The van der Waals surface area contributed by atoms with Crippen molar-refractivity contribution in [2.45, 2.75) is 33.0 Å². The molecule has 1 saturated heterocycles. The molecule has 7 heteroatoms. The number of azo groups is 1. The normalized spacial score (nSPS) is 21.2. The van der Waals surface area contributed by atoms with E-state index in [9.17, 15) is 9.18 Å². The van der Waals surface area contributed by atoms with Gasteiger partial charge in [-0.05, 0) is 26.8 Å². The zero-order valence-corrected chi connectivity index (χ0v) is 12.4. The fraction of sp³-hybridized carbons (Fsp3) is 0.769. The van der Waals surface area contributed by atoms with Crippen LogP contribution in [0.3, 0.4) is 0 Å². The number of primary amides is 1. The Kier molecular flexibility index (Phi) is 6.57. The molecule has 1 heterocycles. The predicted octanol–water partition coefficient (Wildman–Crippen LogP) is 1.15. The van der Waals surface area contributed by atoms with Gasteiger partial charge in [-0.1, -0.05) is 0 Å². The lowest BCUT2D eigenvalue weighted by molar-refractivity contribution is -0.119. The minimum absolute atomic E-state index is 0.289. The van der Waals surface area contributed by atoms with Crippen LogP contribution in [0.5, 0.6) is 0 Å². The first-order valence-corrected chi connectivity index (χ1v) is 6.91. The van der Waals surface area contributed by atoms with Crippen LogP contribution in [0.25, 0.3) is 0 Å². The highest BCUT2D eigenvalue weighted by Gasteiger charge is 2.19. The van der Waals surface area contributed by atoms with Crippen molar-refractivity contribution in [2.75, 3.05) is 32.7 Å². The van der Waals surface area contributed by atoms with E-state index in [0.29, 0.717) is 0 Å². The van der Waals surface area contributed by atoms with E-state index in [1.54, 1.807) is 6.92 Å². The summed E-state index contributed by atoms with van der Waals surface area (Å²) < 4.78 is 13.0. The number of rotatable bonds is 6. The number of piperazine rings is 1. The molecular formula is C13H24FN5O. The third-order valence-electron chi connectivity index (χ3n) is 3.34. The van der Waals surface area contributed by atoms with E-state index in [1.165, 1.54) is 6.92 Å². The molecule has 114 valence electrons. The van der Waals surface area contributed by atoms with Gasteiger partial charge in [0.25, 0.3) is 0 Å². The van der Waals surface area contributed by atoms with Gasteiger partial charge in [0, 0.05) is 26.2 Å². The second-order valence-electron chi connectivity index (χ2n) is 5.01. The molecule has 1 rings (SSSR count). The number of nitrogens with two attached hydrogens (primary N) is 1. The van der Waals surface area contributed by atoms with Gasteiger partial charge in [0.1, 0.15) is 12.0 Å². The van der Waals surface area contributed by atoms with Crippen molar-refractivity contribution >= 4 is 5.91 Å². The van der Waals surface area contributed by atoms with Crippen LogP contribution in [0, 0.1) is 0 Å². The lowest BCUT2D eigenvalue weighted by Crippen LogP contribution is -2.48. The summed E-state index contributed by atoms with van der Waals surface area (Å²) in [5, 5.41) is 8.12. The summed E-state index contributed by atoms with van der Waals surface area (Å²) in [6, 6.07) is -0.443. The molecule has 0 bridgehead atoms. The van der Waals surface area contributed by atoms with Crippen LogP contribution in [0.1, 0.15) is 20.8 Å². The van der Waals surface area contributed by atoms with Crippen molar-refractivity contribution in [3.8, 4) is 0 Å². The summed E-state index contributed by atoms with van der Waals surface area (Å²) in [5.74, 6) is 0.436. The zero-order valence-electron chi connectivity index (χ0n) is 12.4. The van der Waals surface area contributed by atoms with Crippen molar-refractivity contribution < 1.29 is 9.18 Å². The number of halogens is 1. The molecule has 2 N–H and O–H groups in total. The summed E-state index contributed by atoms with van der Waals surface area (Å²) in [6.45, 7) is 8.37. The quantitative estimate of drug-likeness (QED) is 0.744. The van der Waals surface area contributed by atoms with Gasteiger partial charge in [-0.3, -0.25) is 9.69 Å². The number of hydrogen-bond donors (Lipinski definition) is 1. The van der Waals surface area contributed by atoms with Crippen molar-refractivity contribution in [2.24, 2.45) is 16.0 Å². The third-order valence-corrected chi connectivity index (χ3v) is 3.34. The molecule has 1 aliphatic heterocycles. The number of alkyl halides is 1. The van der Waals surface area contributed by atoms with Crippen LogP contribution in [-0.4, -0.2) is 60.6 Å². The van der Waals surface area contributed by atoms with Gasteiger partial charge >= 0.3 is 0 Å². The second-order valence-corrected chi connectivity index (χ2v) is 5.01. The topological polar surface area (TPSA) is 74.3 Å². The Morgan fingerprint density at radius 3 is 2.40 bits per heavy atom. The maximum atomic E-state index is 13.0. The Bertz CT molecular complexity index is 375. The Morgan fingerprint density at radius 2 is 1.95 bits per heavy atom. The summed E-state index contributed by atoms with van der Waals surface area (Å²) in [6.07, 6.45) is 0.854. The van der Waals surface area contributed by atoms with Crippen molar-refractivity contribution in [3.63, 3.8) is 0 Å². The highest BCUT2D eigenvalue weighted by atomic mass is 19.1. The van der Waals surface area contributed by atoms with Crippen LogP contribution < -0.4 is 5.73 Å². The maximum Gasteiger partial charge on any atom is 0.231 e. The fourth-order valence-corrected chi connectivity index (χ4v) is 1.90. The van der Waals surface area contributed by atoms with E-state index < -0.39 is 12.2 Å². The van der Waals surface area contributed by atoms with Gasteiger partial charge in [-0.25, -0.2) is 4.39 Å². The van der Waals surface area contributed by atoms with Crippen LogP contribution in [-0.2, 0) is 4.79 Å². The smallest absolute Gasteiger partial charge is 0.231 e. The van der Waals surface area contributed by atoms with Gasteiger partial charge in [0.2, 0.25) is 5.91 Å².